The lowest BCUT2D eigenvalue weighted by Gasteiger charge is -2.52. The smallest absolute Gasteiger partial charge is 0.164 e. The summed E-state index contributed by atoms with van der Waals surface area (Å²) in [5, 5.41) is -0.335. The fraction of sp³-hybridized carbons (Fsp3) is 1.00. The minimum atomic E-state index is -3.05. The maximum Gasteiger partial charge on any atom is 0.164 e. The molecule has 21 heavy (non-hydrogen) atoms. The summed E-state index contributed by atoms with van der Waals surface area (Å²) in [4.78, 5) is 2.29. The predicted octanol–water partition coefficient (Wildman–Crippen LogP) is 1.70. The SMILES string of the molecule is CS(=O)(=O)C1CSCCN1C1(CN)CCCC(C2CC2)C1. The predicted molar refractivity (Wildman–Crippen MR) is 89.1 cm³/mol. The van der Waals surface area contributed by atoms with Crippen molar-refractivity contribution >= 4 is 21.6 Å². The van der Waals surface area contributed by atoms with Crippen LogP contribution in [0.15, 0.2) is 0 Å². The Kier molecular flexibility index (Phi) is 4.61. The maximum atomic E-state index is 12.2. The van der Waals surface area contributed by atoms with Crippen molar-refractivity contribution in [3.05, 3.63) is 0 Å². The van der Waals surface area contributed by atoms with E-state index in [1.807, 2.05) is 0 Å². The van der Waals surface area contributed by atoms with Gasteiger partial charge in [0, 0.05) is 36.4 Å². The van der Waals surface area contributed by atoms with Crippen LogP contribution in [0.2, 0.25) is 0 Å². The summed E-state index contributed by atoms with van der Waals surface area (Å²) in [5.41, 5.74) is 6.14. The van der Waals surface area contributed by atoms with Gasteiger partial charge in [-0.2, -0.15) is 11.8 Å². The molecule has 1 heterocycles. The summed E-state index contributed by atoms with van der Waals surface area (Å²) in [6, 6.07) is 0. The fourth-order valence-electron chi connectivity index (χ4n) is 4.40. The highest BCUT2D eigenvalue weighted by molar-refractivity contribution is 8.00. The zero-order chi connectivity index (χ0) is 15.1. The van der Waals surface area contributed by atoms with Crippen molar-refractivity contribution in [2.75, 3.05) is 30.9 Å². The zero-order valence-corrected chi connectivity index (χ0v) is 14.6. The molecule has 6 heteroatoms. The normalized spacial score (nSPS) is 39.3. The van der Waals surface area contributed by atoms with Crippen molar-refractivity contribution in [1.82, 2.24) is 4.90 Å². The third-order valence-corrected chi connectivity index (χ3v) is 8.36. The summed E-state index contributed by atoms with van der Waals surface area (Å²) in [5.74, 6) is 3.40. The third kappa shape index (κ3) is 3.28. The molecular formula is C15H28N2O2S2. The van der Waals surface area contributed by atoms with Gasteiger partial charge in [0.1, 0.15) is 5.37 Å². The number of nitrogens with zero attached hydrogens (tertiary/aromatic N) is 1. The van der Waals surface area contributed by atoms with Crippen LogP contribution in [0, 0.1) is 11.8 Å². The van der Waals surface area contributed by atoms with Gasteiger partial charge in [0.05, 0.1) is 0 Å². The van der Waals surface area contributed by atoms with Gasteiger partial charge in [-0.3, -0.25) is 4.90 Å². The molecule has 122 valence electrons. The van der Waals surface area contributed by atoms with Crippen molar-refractivity contribution in [2.45, 2.75) is 49.4 Å². The second-order valence-electron chi connectivity index (χ2n) is 7.17. The Morgan fingerprint density at radius 2 is 2.05 bits per heavy atom. The van der Waals surface area contributed by atoms with Crippen LogP contribution in [0.1, 0.15) is 38.5 Å². The summed E-state index contributed by atoms with van der Waals surface area (Å²) in [6.07, 6.45) is 8.85. The van der Waals surface area contributed by atoms with E-state index in [-0.39, 0.29) is 10.9 Å². The van der Waals surface area contributed by atoms with Crippen LogP contribution in [-0.2, 0) is 9.84 Å². The summed E-state index contributed by atoms with van der Waals surface area (Å²) in [6.45, 7) is 1.48. The Labute approximate surface area is 133 Å². The Balaban J connectivity index is 1.85. The lowest BCUT2D eigenvalue weighted by atomic mass is 9.72. The molecular weight excluding hydrogens is 304 g/mol. The van der Waals surface area contributed by atoms with Gasteiger partial charge >= 0.3 is 0 Å². The molecule has 0 aromatic heterocycles. The zero-order valence-electron chi connectivity index (χ0n) is 13.0. The van der Waals surface area contributed by atoms with Crippen LogP contribution in [-0.4, -0.2) is 55.1 Å². The van der Waals surface area contributed by atoms with E-state index in [9.17, 15) is 8.42 Å². The van der Waals surface area contributed by atoms with Gasteiger partial charge in [-0.25, -0.2) is 8.42 Å². The van der Waals surface area contributed by atoms with E-state index in [0.29, 0.717) is 12.3 Å². The first-order valence-electron chi connectivity index (χ1n) is 8.20. The molecule has 0 bridgehead atoms. The van der Waals surface area contributed by atoms with Crippen LogP contribution in [0.25, 0.3) is 0 Å². The largest absolute Gasteiger partial charge is 0.329 e. The van der Waals surface area contributed by atoms with E-state index >= 15 is 0 Å². The number of hydrogen-bond donors (Lipinski definition) is 1. The quantitative estimate of drug-likeness (QED) is 0.849. The third-order valence-electron chi connectivity index (χ3n) is 5.72. The molecule has 1 aliphatic heterocycles. The van der Waals surface area contributed by atoms with E-state index in [0.717, 1.165) is 37.0 Å². The number of hydrogen-bond acceptors (Lipinski definition) is 5. The minimum absolute atomic E-state index is 0.0692. The molecule has 3 fully saturated rings. The molecule has 0 aromatic rings. The molecule has 0 spiro atoms. The molecule has 2 aliphatic carbocycles. The van der Waals surface area contributed by atoms with Gasteiger partial charge in [-0.15, -0.1) is 0 Å². The molecule has 4 nitrogen and oxygen atoms in total. The van der Waals surface area contributed by atoms with Crippen LogP contribution < -0.4 is 5.73 Å². The van der Waals surface area contributed by atoms with Crippen LogP contribution in [0.4, 0.5) is 0 Å². The number of rotatable bonds is 4. The summed E-state index contributed by atoms with van der Waals surface area (Å²) in [7, 11) is -3.05. The highest BCUT2D eigenvalue weighted by atomic mass is 32.2. The number of sulfone groups is 1. The van der Waals surface area contributed by atoms with Gasteiger partial charge in [0.15, 0.2) is 9.84 Å². The van der Waals surface area contributed by atoms with Gasteiger partial charge in [-0.1, -0.05) is 12.8 Å². The Morgan fingerprint density at radius 1 is 1.29 bits per heavy atom. The fourth-order valence-corrected chi connectivity index (χ4v) is 7.34. The highest BCUT2D eigenvalue weighted by Crippen LogP contribution is 2.49. The van der Waals surface area contributed by atoms with E-state index in [1.165, 1.54) is 31.9 Å². The molecule has 3 atom stereocenters. The lowest BCUT2D eigenvalue weighted by Crippen LogP contribution is -2.63. The Morgan fingerprint density at radius 3 is 2.67 bits per heavy atom. The van der Waals surface area contributed by atoms with Crippen LogP contribution in [0.5, 0.6) is 0 Å². The topological polar surface area (TPSA) is 63.4 Å². The molecule has 3 aliphatic rings. The first-order valence-corrected chi connectivity index (χ1v) is 11.3. The Hall–Kier alpha value is 0.220. The number of nitrogens with two attached hydrogens (primary N) is 1. The standard InChI is InChI=1S/C15H28N2O2S2/c1-21(18,19)14-10-20-8-7-17(14)15(11-16)6-2-3-13(9-15)12-4-5-12/h12-14H,2-11,16H2,1H3. The van der Waals surface area contributed by atoms with Crippen LogP contribution in [0.3, 0.4) is 0 Å². The van der Waals surface area contributed by atoms with Crippen LogP contribution >= 0.6 is 11.8 Å². The lowest BCUT2D eigenvalue weighted by molar-refractivity contribution is 0.0275. The van der Waals surface area contributed by atoms with Gasteiger partial charge in [0.2, 0.25) is 0 Å². The first-order chi connectivity index (χ1) is 9.96. The van der Waals surface area contributed by atoms with Gasteiger partial charge < -0.3 is 5.73 Å². The molecule has 3 unspecified atom stereocenters. The molecule has 3 rings (SSSR count). The average Bonchev–Trinajstić information content (AvgIpc) is 3.31. The van der Waals surface area contributed by atoms with E-state index < -0.39 is 9.84 Å². The van der Waals surface area contributed by atoms with Crippen molar-refractivity contribution < 1.29 is 8.42 Å². The second kappa shape index (κ2) is 6.02. The average molecular weight is 333 g/mol. The molecule has 0 radical (unpaired) electrons. The maximum absolute atomic E-state index is 12.2. The van der Waals surface area contributed by atoms with E-state index in [2.05, 4.69) is 4.90 Å². The monoisotopic (exact) mass is 332 g/mol. The summed E-state index contributed by atoms with van der Waals surface area (Å²) < 4.78 is 24.5. The van der Waals surface area contributed by atoms with E-state index in [1.54, 1.807) is 11.8 Å². The van der Waals surface area contributed by atoms with Crippen molar-refractivity contribution in [2.24, 2.45) is 17.6 Å². The van der Waals surface area contributed by atoms with Crippen molar-refractivity contribution in [3.8, 4) is 0 Å². The number of thioether (sulfide) groups is 1. The molecule has 2 N–H and O–H groups in total. The first kappa shape index (κ1) is 16.1. The second-order valence-corrected chi connectivity index (χ2v) is 10.5. The molecule has 0 aromatic carbocycles. The Bertz CT molecular complexity index is 478. The minimum Gasteiger partial charge on any atom is -0.329 e. The molecule has 2 saturated carbocycles. The van der Waals surface area contributed by atoms with E-state index in [4.69, 9.17) is 5.73 Å². The van der Waals surface area contributed by atoms with Gasteiger partial charge in [0.25, 0.3) is 0 Å². The molecule has 0 amide bonds. The molecule has 1 saturated heterocycles. The summed E-state index contributed by atoms with van der Waals surface area (Å²) >= 11 is 1.76. The van der Waals surface area contributed by atoms with Crippen molar-refractivity contribution in [3.63, 3.8) is 0 Å². The highest BCUT2D eigenvalue weighted by Gasteiger charge is 2.48. The van der Waals surface area contributed by atoms with Crippen molar-refractivity contribution in [1.29, 1.82) is 0 Å². The van der Waals surface area contributed by atoms with Gasteiger partial charge in [-0.05, 0) is 37.5 Å².